The summed E-state index contributed by atoms with van der Waals surface area (Å²) >= 11 is 0. The predicted octanol–water partition coefficient (Wildman–Crippen LogP) is 2.00. The lowest BCUT2D eigenvalue weighted by Crippen LogP contribution is -2.60. The molecule has 3 heteroatoms. The van der Waals surface area contributed by atoms with Crippen molar-refractivity contribution in [2.45, 2.75) is 76.9 Å². The molecule has 0 bridgehead atoms. The van der Waals surface area contributed by atoms with Gasteiger partial charge in [0.2, 0.25) is 0 Å². The van der Waals surface area contributed by atoms with Gasteiger partial charge in [0.05, 0.1) is 0 Å². The van der Waals surface area contributed by atoms with Crippen molar-refractivity contribution in [1.82, 2.24) is 5.32 Å². The molecule has 0 saturated carbocycles. The Morgan fingerprint density at radius 1 is 1.12 bits per heavy atom. The minimum atomic E-state index is 0.206. The number of unbranched alkanes of at least 4 members (excludes halogenated alkanes) is 1. The van der Waals surface area contributed by atoms with Crippen LogP contribution in [-0.4, -0.2) is 23.7 Å². The van der Waals surface area contributed by atoms with Crippen LogP contribution in [0.1, 0.15) is 59.8 Å². The van der Waals surface area contributed by atoms with Gasteiger partial charge in [0.15, 0.2) is 0 Å². The Labute approximate surface area is 107 Å². The lowest BCUT2D eigenvalue weighted by atomic mass is 9.72. The third kappa shape index (κ3) is 4.94. The van der Waals surface area contributed by atoms with Crippen LogP contribution in [0.5, 0.6) is 0 Å². The standard InChI is InChI=1S/C14H31N3/c1-13(2)9-11(10-14(3,4)17-13)12(16)7-5-6-8-15/h11-12,17H,5-10,15-16H2,1-4H3. The number of nitrogens with one attached hydrogen (secondary N) is 1. The molecule has 102 valence electrons. The molecule has 0 aromatic carbocycles. The summed E-state index contributed by atoms with van der Waals surface area (Å²) in [7, 11) is 0. The first-order valence-corrected chi connectivity index (χ1v) is 7.01. The van der Waals surface area contributed by atoms with Gasteiger partial charge in [0.1, 0.15) is 0 Å². The number of piperidine rings is 1. The van der Waals surface area contributed by atoms with E-state index in [9.17, 15) is 0 Å². The van der Waals surface area contributed by atoms with Gasteiger partial charge >= 0.3 is 0 Å². The van der Waals surface area contributed by atoms with Crippen molar-refractivity contribution in [3.05, 3.63) is 0 Å². The van der Waals surface area contributed by atoms with Gasteiger partial charge in [-0.15, -0.1) is 0 Å². The van der Waals surface area contributed by atoms with E-state index >= 15 is 0 Å². The molecule has 1 fully saturated rings. The van der Waals surface area contributed by atoms with Crippen LogP contribution in [0.4, 0.5) is 0 Å². The van der Waals surface area contributed by atoms with Crippen LogP contribution >= 0.6 is 0 Å². The fraction of sp³-hybridized carbons (Fsp3) is 1.00. The molecule has 1 aliphatic rings. The van der Waals surface area contributed by atoms with Gasteiger partial charge in [-0.2, -0.15) is 0 Å². The second-order valence-corrected chi connectivity index (χ2v) is 7.01. The van der Waals surface area contributed by atoms with Crippen molar-refractivity contribution in [2.75, 3.05) is 6.54 Å². The molecule has 0 radical (unpaired) electrons. The monoisotopic (exact) mass is 241 g/mol. The maximum atomic E-state index is 6.36. The highest BCUT2D eigenvalue weighted by Crippen LogP contribution is 2.35. The Morgan fingerprint density at radius 3 is 2.12 bits per heavy atom. The van der Waals surface area contributed by atoms with Crippen LogP contribution in [0.2, 0.25) is 0 Å². The van der Waals surface area contributed by atoms with Gasteiger partial charge < -0.3 is 16.8 Å². The normalized spacial score (nSPS) is 25.8. The van der Waals surface area contributed by atoms with Gasteiger partial charge in [0.25, 0.3) is 0 Å². The fourth-order valence-corrected chi connectivity index (χ4v) is 3.46. The van der Waals surface area contributed by atoms with Crippen LogP contribution in [0, 0.1) is 5.92 Å². The summed E-state index contributed by atoms with van der Waals surface area (Å²) in [4.78, 5) is 0. The van der Waals surface area contributed by atoms with Gasteiger partial charge in [-0.3, -0.25) is 0 Å². The average molecular weight is 241 g/mol. The van der Waals surface area contributed by atoms with E-state index in [2.05, 4.69) is 33.0 Å². The molecule has 1 heterocycles. The Balaban J connectivity index is 2.52. The number of nitrogens with two attached hydrogens (primary N) is 2. The third-order valence-electron chi connectivity index (χ3n) is 3.82. The largest absolute Gasteiger partial charge is 0.330 e. The first kappa shape index (κ1) is 14.9. The first-order chi connectivity index (χ1) is 7.76. The zero-order valence-electron chi connectivity index (χ0n) is 12.1. The summed E-state index contributed by atoms with van der Waals surface area (Å²) in [5, 5.41) is 3.71. The Morgan fingerprint density at radius 2 is 1.65 bits per heavy atom. The number of rotatable bonds is 5. The summed E-state index contributed by atoms with van der Waals surface area (Å²) in [6.07, 6.45) is 5.75. The second-order valence-electron chi connectivity index (χ2n) is 7.01. The molecule has 0 spiro atoms. The molecule has 1 unspecified atom stereocenters. The smallest absolute Gasteiger partial charge is 0.0133 e. The van der Waals surface area contributed by atoms with E-state index in [1.54, 1.807) is 0 Å². The van der Waals surface area contributed by atoms with E-state index in [1.807, 2.05) is 0 Å². The van der Waals surface area contributed by atoms with Crippen LogP contribution in [0.3, 0.4) is 0 Å². The van der Waals surface area contributed by atoms with E-state index in [0.29, 0.717) is 12.0 Å². The molecule has 1 saturated heterocycles. The summed E-state index contributed by atoms with van der Waals surface area (Å²) in [5.41, 5.74) is 12.3. The molecule has 17 heavy (non-hydrogen) atoms. The maximum absolute atomic E-state index is 6.36. The Bertz CT molecular complexity index is 220. The van der Waals surface area contributed by atoms with E-state index in [0.717, 1.165) is 19.4 Å². The Kier molecular flexibility index (Phi) is 4.99. The van der Waals surface area contributed by atoms with Crippen molar-refractivity contribution in [2.24, 2.45) is 17.4 Å². The third-order valence-corrected chi connectivity index (χ3v) is 3.82. The highest BCUT2D eigenvalue weighted by molar-refractivity contribution is 4.99. The van der Waals surface area contributed by atoms with Crippen LogP contribution in [-0.2, 0) is 0 Å². The average Bonchev–Trinajstić information content (AvgIpc) is 2.13. The summed E-state index contributed by atoms with van der Waals surface area (Å²) < 4.78 is 0. The van der Waals surface area contributed by atoms with E-state index in [-0.39, 0.29) is 11.1 Å². The zero-order valence-corrected chi connectivity index (χ0v) is 12.1. The zero-order chi connectivity index (χ0) is 13.1. The van der Waals surface area contributed by atoms with Crippen LogP contribution in [0.25, 0.3) is 0 Å². The topological polar surface area (TPSA) is 64.1 Å². The van der Waals surface area contributed by atoms with Crippen molar-refractivity contribution in [3.63, 3.8) is 0 Å². The molecule has 0 aromatic heterocycles. The minimum Gasteiger partial charge on any atom is -0.330 e. The van der Waals surface area contributed by atoms with Gasteiger partial charge in [-0.25, -0.2) is 0 Å². The maximum Gasteiger partial charge on any atom is 0.0133 e. The molecule has 0 aromatic rings. The van der Waals surface area contributed by atoms with Crippen LogP contribution in [0.15, 0.2) is 0 Å². The van der Waals surface area contributed by atoms with E-state index in [1.165, 1.54) is 19.3 Å². The van der Waals surface area contributed by atoms with E-state index < -0.39 is 0 Å². The SMILES string of the molecule is CC1(C)CC(C(N)CCCCN)CC(C)(C)N1. The van der Waals surface area contributed by atoms with Crippen molar-refractivity contribution in [1.29, 1.82) is 0 Å². The van der Waals surface area contributed by atoms with Crippen LogP contribution < -0.4 is 16.8 Å². The second kappa shape index (κ2) is 5.68. The molecule has 0 amide bonds. The van der Waals surface area contributed by atoms with E-state index in [4.69, 9.17) is 11.5 Å². The summed E-state index contributed by atoms with van der Waals surface area (Å²) in [6.45, 7) is 9.93. The number of hydrogen-bond donors (Lipinski definition) is 3. The van der Waals surface area contributed by atoms with Gasteiger partial charge in [-0.1, -0.05) is 6.42 Å². The molecule has 1 rings (SSSR count). The van der Waals surface area contributed by atoms with Gasteiger partial charge in [-0.05, 0) is 65.8 Å². The summed E-state index contributed by atoms with van der Waals surface area (Å²) in [6, 6.07) is 0.335. The molecular weight excluding hydrogens is 210 g/mol. The molecule has 1 aliphatic heterocycles. The molecule has 5 N–H and O–H groups in total. The van der Waals surface area contributed by atoms with Gasteiger partial charge in [0, 0.05) is 17.1 Å². The first-order valence-electron chi connectivity index (χ1n) is 7.01. The minimum absolute atomic E-state index is 0.206. The summed E-state index contributed by atoms with van der Waals surface area (Å²) in [5.74, 6) is 0.638. The fourth-order valence-electron chi connectivity index (χ4n) is 3.46. The molecule has 3 nitrogen and oxygen atoms in total. The lowest BCUT2D eigenvalue weighted by Gasteiger charge is -2.48. The van der Waals surface area contributed by atoms with Crippen molar-refractivity contribution >= 4 is 0 Å². The highest BCUT2D eigenvalue weighted by Gasteiger charge is 2.39. The van der Waals surface area contributed by atoms with Crippen molar-refractivity contribution in [3.8, 4) is 0 Å². The predicted molar refractivity (Wildman–Crippen MR) is 74.9 cm³/mol. The number of hydrogen-bond acceptors (Lipinski definition) is 3. The Hall–Kier alpha value is -0.120. The highest BCUT2D eigenvalue weighted by atomic mass is 15.1. The molecular formula is C14H31N3. The molecule has 0 aliphatic carbocycles. The van der Waals surface area contributed by atoms with Crippen molar-refractivity contribution < 1.29 is 0 Å². The quantitative estimate of drug-likeness (QED) is 0.645. The molecule has 1 atom stereocenters. The lowest BCUT2D eigenvalue weighted by molar-refractivity contribution is 0.111.